The van der Waals surface area contributed by atoms with Crippen LogP contribution in [0.5, 0.6) is 11.5 Å². The first-order chi connectivity index (χ1) is 12.0. The zero-order chi connectivity index (χ0) is 17.9. The highest BCUT2D eigenvalue weighted by atomic mass is 32.2. The number of ether oxygens (including phenoxy) is 2. The Kier molecular flexibility index (Phi) is 5.03. The lowest BCUT2D eigenvalue weighted by molar-refractivity contribution is 0.392. The Bertz CT molecular complexity index is 832. The van der Waals surface area contributed by atoms with Gasteiger partial charge in [0.2, 0.25) is 0 Å². The summed E-state index contributed by atoms with van der Waals surface area (Å²) in [6.45, 7) is 1.85. The number of nitrogens with zero attached hydrogens (tertiary/aromatic N) is 1. The predicted octanol–water partition coefficient (Wildman–Crippen LogP) is 3.10. The molecule has 6 nitrogen and oxygen atoms in total. The van der Waals surface area contributed by atoms with E-state index in [4.69, 9.17) is 9.47 Å². The van der Waals surface area contributed by atoms with Crippen LogP contribution in [-0.2, 0) is 10.0 Å². The molecule has 0 aromatic heterocycles. The van der Waals surface area contributed by atoms with Gasteiger partial charge in [0.1, 0.15) is 16.4 Å². The van der Waals surface area contributed by atoms with Crippen molar-refractivity contribution in [1.29, 1.82) is 0 Å². The first-order valence-electron chi connectivity index (χ1n) is 8.14. The minimum atomic E-state index is -3.80. The van der Waals surface area contributed by atoms with Gasteiger partial charge in [0.25, 0.3) is 10.0 Å². The second-order valence-corrected chi connectivity index (χ2v) is 7.49. The summed E-state index contributed by atoms with van der Waals surface area (Å²) in [4.78, 5) is 2.24. The first kappa shape index (κ1) is 17.4. The van der Waals surface area contributed by atoms with Gasteiger partial charge in [-0.2, -0.15) is 0 Å². The number of para-hydroxylation sites is 1. The van der Waals surface area contributed by atoms with Crippen molar-refractivity contribution >= 4 is 21.4 Å². The number of benzene rings is 2. The molecule has 0 spiro atoms. The molecule has 1 aliphatic heterocycles. The Hall–Kier alpha value is -2.41. The van der Waals surface area contributed by atoms with Gasteiger partial charge in [0.05, 0.1) is 19.9 Å². The van der Waals surface area contributed by atoms with E-state index in [2.05, 4.69) is 9.62 Å². The molecule has 2 aromatic carbocycles. The fourth-order valence-corrected chi connectivity index (χ4v) is 4.21. The Morgan fingerprint density at radius 3 is 2.20 bits per heavy atom. The summed E-state index contributed by atoms with van der Waals surface area (Å²) in [5.41, 5.74) is 1.35. The summed E-state index contributed by atoms with van der Waals surface area (Å²) in [6, 6.07) is 12.0. The summed E-state index contributed by atoms with van der Waals surface area (Å²) < 4.78 is 39.0. The van der Waals surface area contributed by atoms with Gasteiger partial charge in [-0.05, 0) is 25.0 Å². The maximum absolute atomic E-state index is 12.8. The van der Waals surface area contributed by atoms with Gasteiger partial charge >= 0.3 is 0 Å². The molecule has 1 saturated heterocycles. The van der Waals surface area contributed by atoms with Gasteiger partial charge in [0, 0.05) is 30.9 Å². The molecule has 1 fully saturated rings. The number of methoxy groups -OCH3 is 2. The van der Waals surface area contributed by atoms with Crippen LogP contribution in [0.25, 0.3) is 0 Å². The fraction of sp³-hybridized carbons (Fsp3) is 0.333. The van der Waals surface area contributed by atoms with E-state index in [-0.39, 0.29) is 4.90 Å². The van der Waals surface area contributed by atoms with Crippen LogP contribution in [0.3, 0.4) is 0 Å². The van der Waals surface area contributed by atoms with Gasteiger partial charge in [-0.1, -0.05) is 18.2 Å². The molecule has 0 bridgehead atoms. The SMILES string of the molecule is COc1cc(S(=O)(=O)Nc2ccccc2)c(OC)cc1N1CCCC1. The normalized spacial score (nSPS) is 14.4. The zero-order valence-electron chi connectivity index (χ0n) is 14.4. The average Bonchev–Trinajstić information content (AvgIpc) is 3.15. The molecule has 0 unspecified atom stereocenters. The molecule has 0 amide bonds. The average molecular weight is 362 g/mol. The smallest absolute Gasteiger partial charge is 0.265 e. The van der Waals surface area contributed by atoms with Crippen LogP contribution in [0.15, 0.2) is 47.4 Å². The zero-order valence-corrected chi connectivity index (χ0v) is 15.2. The molecular formula is C18H22N2O4S. The molecule has 2 aromatic rings. The van der Waals surface area contributed by atoms with Crippen molar-refractivity contribution in [1.82, 2.24) is 0 Å². The van der Waals surface area contributed by atoms with Crippen molar-refractivity contribution in [3.63, 3.8) is 0 Å². The molecular weight excluding hydrogens is 340 g/mol. The molecule has 3 rings (SSSR count). The molecule has 0 saturated carbocycles. The van der Waals surface area contributed by atoms with Crippen molar-refractivity contribution in [2.75, 3.05) is 36.9 Å². The van der Waals surface area contributed by atoms with Crippen molar-refractivity contribution in [3.05, 3.63) is 42.5 Å². The van der Waals surface area contributed by atoms with Gasteiger partial charge in [0.15, 0.2) is 0 Å². The molecule has 0 radical (unpaired) electrons. The highest BCUT2D eigenvalue weighted by molar-refractivity contribution is 7.92. The van der Waals surface area contributed by atoms with E-state index in [1.54, 1.807) is 37.4 Å². The van der Waals surface area contributed by atoms with Crippen LogP contribution in [0.1, 0.15) is 12.8 Å². The number of sulfonamides is 1. The maximum atomic E-state index is 12.8. The monoisotopic (exact) mass is 362 g/mol. The molecule has 1 heterocycles. The molecule has 25 heavy (non-hydrogen) atoms. The summed E-state index contributed by atoms with van der Waals surface area (Å²) in [6.07, 6.45) is 2.22. The number of nitrogens with one attached hydrogen (secondary N) is 1. The summed E-state index contributed by atoms with van der Waals surface area (Å²) in [5.74, 6) is 0.822. The Morgan fingerprint density at radius 2 is 1.60 bits per heavy atom. The molecule has 134 valence electrons. The largest absolute Gasteiger partial charge is 0.495 e. The van der Waals surface area contributed by atoms with Crippen molar-refractivity contribution < 1.29 is 17.9 Å². The van der Waals surface area contributed by atoms with Crippen LogP contribution >= 0.6 is 0 Å². The fourth-order valence-electron chi connectivity index (χ4n) is 2.99. The van der Waals surface area contributed by atoms with E-state index in [9.17, 15) is 8.42 Å². The third-order valence-electron chi connectivity index (χ3n) is 4.23. The highest BCUT2D eigenvalue weighted by Gasteiger charge is 2.25. The molecule has 7 heteroatoms. The van der Waals surface area contributed by atoms with Crippen LogP contribution in [-0.4, -0.2) is 35.7 Å². The quantitative estimate of drug-likeness (QED) is 0.855. The van der Waals surface area contributed by atoms with Crippen molar-refractivity contribution in [3.8, 4) is 11.5 Å². The third-order valence-corrected chi connectivity index (χ3v) is 5.63. The second kappa shape index (κ2) is 7.23. The molecule has 0 atom stereocenters. The van der Waals surface area contributed by atoms with E-state index in [1.165, 1.54) is 13.2 Å². The summed E-state index contributed by atoms with van der Waals surface area (Å²) >= 11 is 0. The van der Waals surface area contributed by atoms with Gasteiger partial charge in [-0.3, -0.25) is 4.72 Å². The van der Waals surface area contributed by atoms with E-state index in [1.807, 2.05) is 6.07 Å². The summed E-state index contributed by atoms with van der Waals surface area (Å²) in [7, 11) is -0.789. The number of rotatable bonds is 6. The van der Waals surface area contributed by atoms with E-state index >= 15 is 0 Å². The van der Waals surface area contributed by atoms with Crippen molar-refractivity contribution in [2.24, 2.45) is 0 Å². The van der Waals surface area contributed by atoms with Gasteiger partial charge in [-0.15, -0.1) is 0 Å². The Balaban J connectivity index is 2.02. The van der Waals surface area contributed by atoms with Gasteiger partial charge < -0.3 is 14.4 Å². The van der Waals surface area contributed by atoms with E-state index in [0.29, 0.717) is 17.2 Å². The van der Waals surface area contributed by atoms with Crippen LogP contribution in [0, 0.1) is 0 Å². The third kappa shape index (κ3) is 3.66. The molecule has 1 aliphatic rings. The Labute approximate surface area is 148 Å². The standard InChI is InChI=1S/C18H22N2O4S/c1-23-16-13-18(25(21,22)19-14-8-4-3-5-9-14)17(24-2)12-15(16)20-10-6-7-11-20/h3-5,8-9,12-13,19H,6-7,10-11H2,1-2H3. The second-order valence-electron chi connectivity index (χ2n) is 5.84. The maximum Gasteiger partial charge on any atom is 0.265 e. The number of hydrogen-bond acceptors (Lipinski definition) is 5. The minimum Gasteiger partial charge on any atom is -0.495 e. The van der Waals surface area contributed by atoms with Crippen LogP contribution in [0.2, 0.25) is 0 Å². The lowest BCUT2D eigenvalue weighted by Crippen LogP contribution is -2.20. The van der Waals surface area contributed by atoms with Crippen molar-refractivity contribution in [2.45, 2.75) is 17.7 Å². The summed E-state index contributed by atoms with van der Waals surface area (Å²) in [5, 5.41) is 0. The van der Waals surface area contributed by atoms with E-state index in [0.717, 1.165) is 31.6 Å². The topological polar surface area (TPSA) is 67.9 Å². The minimum absolute atomic E-state index is 0.0543. The van der Waals surface area contributed by atoms with Crippen LogP contribution in [0.4, 0.5) is 11.4 Å². The van der Waals surface area contributed by atoms with Gasteiger partial charge in [-0.25, -0.2) is 8.42 Å². The number of anilines is 2. The van der Waals surface area contributed by atoms with Crippen LogP contribution < -0.4 is 19.1 Å². The number of hydrogen-bond donors (Lipinski definition) is 1. The lowest BCUT2D eigenvalue weighted by Gasteiger charge is -2.22. The lowest BCUT2D eigenvalue weighted by atomic mass is 10.2. The van der Waals surface area contributed by atoms with E-state index < -0.39 is 10.0 Å². The molecule has 0 aliphatic carbocycles. The Morgan fingerprint density at radius 1 is 0.960 bits per heavy atom. The first-order valence-corrected chi connectivity index (χ1v) is 9.62. The predicted molar refractivity (Wildman–Crippen MR) is 98.2 cm³/mol. The highest BCUT2D eigenvalue weighted by Crippen LogP contribution is 2.39. The molecule has 1 N–H and O–H groups in total.